The lowest BCUT2D eigenvalue weighted by atomic mass is 10.0. The Balaban J connectivity index is 1.19. The van der Waals surface area contributed by atoms with Gasteiger partial charge in [-0.1, -0.05) is 18.6 Å². The molecule has 0 atom stereocenters. The number of ether oxygens (including phenoxy) is 2. The van der Waals surface area contributed by atoms with Crippen LogP contribution in [0, 0.1) is 40.4 Å². The van der Waals surface area contributed by atoms with Crippen molar-refractivity contribution in [2.45, 2.75) is 32.1 Å². The van der Waals surface area contributed by atoms with Gasteiger partial charge in [-0.05, 0) is 72.5 Å². The van der Waals surface area contributed by atoms with Crippen LogP contribution in [0.5, 0.6) is 11.5 Å². The predicted molar refractivity (Wildman–Crippen MR) is 143 cm³/mol. The van der Waals surface area contributed by atoms with Crippen molar-refractivity contribution in [1.82, 2.24) is 0 Å². The Hall–Kier alpha value is -5.04. The molecular weight excluding hydrogens is 557 g/mol. The van der Waals surface area contributed by atoms with Crippen molar-refractivity contribution in [2.24, 2.45) is 0 Å². The molecule has 0 N–H and O–H groups in total. The second kappa shape index (κ2) is 13.5. The van der Waals surface area contributed by atoms with Crippen molar-refractivity contribution in [3.05, 3.63) is 107 Å². The van der Waals surface area contributed by atoms with Gasteiger partial charge >= 0.3 is 11.9 Å². The minimum atomic E-state index is -1.66. The Kier molecular flexibility index (Phi) is 9.65. The number of carbonyl (C=O) groups is 2. The lowest BCUT2D eigenvalue weighted by Gasteiger charge is -2.09. The van der Waals surface area contributed by atoms with E-state index < -0.39 is 41.0 Å². The lowest BCUT2D eigenvalue weighted by Crippen LogP contribution is -2.09. The first-order chi connectivity index (χ1) is 20.1. The van der Waals surface area contributed by atoms with Crippen LogP contribution in [0.3, 0.4) is 0 Å². The molecule has 4 aromatic rings. The highest BCUT2D eigenvalue weighted by atomic mass is 19.2. The quantitative estimate of drug-likeness (QED) is 0.0625. The van der Waals surface area contributed by atoms with Crippen molar-refractivity contribution in [2.75, 3.05) is 0 Å². The normalized spacial score (nSPS) is 10.7. The van der Waals surface area contributed by atoms with Crippen LogP contribution >= 0.6 is 0 Å². The molecule has 0 saturated carbocycles. The number of esters is 2. The van der Waals surface area contributed by atoms with Gasteiger partial charge in [0.15, 0.2) is 17.5 Å². The van der Waals surface area contributed by atoms with E-state index in [1.165, 1.54) is 18.2 Å². The summed E-state index contributed by atoms with van der Waals surface area (Å²) in [6.07, 6.45) is 1.26. The summed E-state index contributed by atoms with van der Waals surface area (Å²) < 4.78 is 79.4. The molecule has 214 valence electrons. The lowest BCUT2D eigenvalue weighted by molar-refractivity contribution is -0.134. The van der Waals surface area contributed by atoms with Crippen molar-refractivity contribution in [3.63, 3.8) is 0 Å². The molecular formula is C32H22F5NO4. The average molecular weight is 580 g/mol. The predicted octanol–water partition coefficient (Wildman–Crippen LogP) is 8.05. The summed E-state index contributed by atoms with van der Waals surface area (Å²) in [7, 11) is 0. The van der Waals surface area contributed by atoms with Gasteiger partial charge in [0.1, 0.15) is 23.1 Å². The summed E-state index contributed by atoms with van der Waals surface area (Å²) in [6, 6.07) is 17.0. The average Bonchev–Trinajstić information content (AvgIpc) is 2.96. The summed E-state index contributed by atoms with van der Waals surface area (Å²) in [6.45, 7) is 0. The molecule has 10 heteroatoms. The fraction of sp³-hybridized carbons (Fsp3) is 0.156. The zero-order chi connectivity index (χ0) is 30.2. The molecule has 4 aromatic carbocycles. The second-order valence-electron chi connectivity index (χ2n) is 9.24. The molecule has 0 aromatic heterocycles. The van der Waals surface area contributed by atoms with Gasteiger partial charge in [0.25, 0.3) is 0 Å². The van der Waals surface area contributed by atoms with Crippen molar-refractivity contribution >= 4 is 11.9 Å². The smallest absolute Gasteiger partial charge is 0.311 e. The Labute approximate surface area is 237 Å². The van der Waals surface area contributed by atoms with Gasteiger partial charge in [-0.25, -0.2) is 22.0 Å². The van der Waals surface area contributed by atoms with E-state index in [1.54, 1.807) is 24.3 Å². The molecule has 0 radical (unpaired) electrons. The van der Waals surface area contributed by atoms with E-state index in [0.717, 1.165) is 18.2 Å². The standard InChI is InChI=1S/C32H22F5NO4/c33-26-16-22(10-12-24(26)20-8-6-19(18-38)7-9-20)41-30(39)4-2-1-3-5-31(40)42-23-11-13-25(27(34)17-23)21-14-28(35)32(37)29(36)15-21/h6-17H,1-5H2. The third-order valence-corrected chi connectivity index (χ3v) is 6.23. The number of benzene rings is 4. The Morgan fingerprint density at radius 1 is 0.595 bits per heavy atom. The minimum absolute atomic E-state index is 0.0190. The molecule has 0 bridgehead atoms. The highest BCUT2D eigenvalue weighted by Gasteiger charge is 2.16. The summed E-state index contributed by atoms with van der Waals surface area (Å²) >= 11 is 0. The molecule has 4 rings (SSSR count). The zero-order valence-corrected chi connectivity index (χ0v) is 21.9. The number of nitriles is 1. The number of carbonyl (C=O) groups excluding carboxylic acids is 2. The molecule has 42 heavy (non-hydrogen) atoms. The Morgan fingerprint density at radius 2 is 1.07 bits per heavy atom. The van der Waals surface area contributed by atoms with E-state index in [1.807, 2.05) is 6.07 Å². The molecule has 0 aliphatic rings. The van der Waals surface area contributed by atoms with E-state index >= 15 is 0 Å². The fourth-order valence-corrected chi connectivity index (χ4v) is 4.10. The van der Waals surface area contributed by atoms with Gasteiger partial charge in [0, 0.05) is 36.1 Å². The maximum absolute atomic E-state index is 14.6. The Bertz CT molecular complexity index is 1640. The van der Waals surface area contributed by atoms with Crippen LogP contribution in [0.25, 0.3) is 22.3 Å². The molecule has 0 saturated heterocycles. The van der Waals surface area contributed by atoms with Gasteiger partial charge in [-0.15, -0.1) is 0 Å². The summed E-state index contributed by atoms with van der Waals surface area (Å²) in [4.78, 5) is 24.3. The number of nitrogens with zero attached hydrogens (tertiary/aromatic N) is 1. The van der Waals surface area contributed by atoms with Gasteiger partial charge in [-0.3, -0.25) is 9.59 Å². The highest BCUT2D eigenvalue weighted by Crippen LogP contribution is 2.29. The number of hydrogen-bond acceptors (Lipinski definition) is 5. The molecule has 0 fully saturated rings. The monoisotopic (exact) mass is 579 g/mol. The third-order valence-electron chi connectivity index (χ3n) is 6.23. The molecule has 0 unspecified atom stereocenters. The van der Waals surface area contributed by atoms with Crippen LogP contribution in [0.2, 0.25) is 0 Å². The number of hydrogen-bond donors (Lipinski definition) is 0. The highest BCUT2D eigenvalue weighted by molar-refractivity contribution is 5.74. The maximum atomic E-state index is 14.6. The molecule has 0 spiro atoms. The van der Waals surface area contributed by atoms with Gasteiger partial charge in [0.05, 0.1) is 11.6 Å². The van der Waals surface area contributed by atoms with Crippen LogP contribution in [0.15, 0.2) is 72.8 Å². The fourth-order valence-electron chi connectivity index (χ4n) is 4.10. The summed E-state index contributed by atoms with van der Waals surface area (Å²) in [5.41, 5.74) is 0.896. The topological polar surface area (TPSA) is 76.4 Å². The van der Waals surface area contributed by atoms with Crippen LogP contribution in [0.4, 0.5) is 22.0 Å². The van der Waals surface area contributed by atoms with E-state index in [2.05, 4.69) is 0 Å². The second-order valence-corrected chi connectivity index (χ2v) is 9.24. The minimum Gasteiger partial charge on any atom is -0.426 e. The number of unbranched alkanes of at least 4 members (excludes halogenated alkanes) is 2. The van der Waals surface area contributed by atoms with Crippen LogP contribution < -0.4 is 9.47 Å². The third kappa shape index (κ3) is 7.57. The van der Waals surface area contributed by atoms with Crippen LogP contribution in [-0.4, -0.2) is 11.9 Å². The van der Waals surface area contributed by atoms with Gasteiger partial charge in [0.2, 0.25) is 0 Å². The number of halogens is 5. The van der Waals surface area contributed by atoms with Crippen LogP contribution in [-0.2, 0) is 9.59 Å². The SMILES string of the molecule is N#Cc1ccc(-c2ccc(OC(=O)CCCCCC(=O)Oc3ccc(-c4cc(F)c(F)c(F)c4)c(F)c3)cc2F)cc1. The molecule has 0 heterocycles. The first-order valence-corrected chi connectivity index (χ1v) is 12.8. The van der Waals surface area contributed by atoms with Crippen LogP contribution in [0.1, 0.15) is 37.7 Å². The molecule has 0 amide bonds. The first kappa shape index (κ1) is 29.9. The Morgan fingerprint density at radius 3 is 1.52 bits per heavy atom. The van der Waals surface area contributed by atoms with E-state index in [0.29, 0.717) is 48.1 Å². The number of rotatable bonds is 10. The van der Waals surface area contributed by atoms with E-state index in [9.17, 15) is 31.5 Å². The molecule has 0 aliphatic carbocycles. The van der Waals surface area contributed by atoms with E-state index in [4.69, 9.17) is 14.7 Å². The van der Waals surface area contributed by atoms with Crippen molar-refractivity contribution in [1.29, 1.82) is 5.26 Å². The molecule has 5 nitrogen and oxygen atoms in total. The van der Waals surface area contributed by atoms with Gasteiger partial charge < -0.3 is 9.47 Å². The largest absolute Gasteiger partial charge is 0.426 e. The van der Waals surface area contributed by atoms with Crippen molar-refractivity contribution < 1.29 is 41.0 Å². The first-order valence-electron chi connectivity index (χ1n) is 12.8. The van der Waals surface area contributed by atoms with E-state index in [-0.39, 0.29) is 35.5 Å². The summed E-state index contributed by atoms with van der Waals surface area (Å²) in [5.74, 6) is -7.39. The molecule has 0 aliphatic heterocycles. The summed E-state index contributed by atoms with van der Waals surface area (Å²) in [5, 5.41) is 8.88. The zero-order valence-electron chi connectivity index (χ0n) is 21.9. The van der Waals surface area contributed by atoms with Crippen molar-refractivity contribution in [3.8, 4) is 39.8 Å². The maximum Gasteiger partial charge on any atom is 0.311 e. The van der Waals surface area contributed by atoms with Gasteiger partial charge in [-0.2, -0.15) is 5.26 Å².